The van der Waals surface area contributed by atoms with Gasteiger partial charge >= 0.3 is 0 Å². The number of phenols is 1. The summed E-state index contributed by atoms with van der Waals surface area (Å²) in [7, 11) is 0. The van der Waals surface area contributed by atoms with Crippen molar-refractivity contribution in [3.05, 3.63) is 75.8 Å². The molecule has 0 spiro atoms. The Bertz CT molecular complexity index is 1710. The van der Waals surface area contributed by atoms with Crippen molar-refractivity contribution in [2.24, 2.45) is 22.7 Å². The van der Waals surface area contributed by atoms with Gasteiger partial charge in [0.2, 0.25) is 5.78 Å². The number of phenolic OH excluding ortho intramolecular Hbond substituents is 1. The van der Waals surface area contributed by atoms with Gasteiger partial charge in [-0.05, 0) is 54.5 Å². The molecule has 0 aromatic heterocycles. The summed E-state index contributed by atoms with van der Waals surface area (Å²) in [6, 6.07) is 9.68. The minimum atomic E-state index is -2.95. The first-order valence-corrected chi connectivity index (χ1v) is 14.2. The number of hydrogen-bond donors (Lipinski definition) is 5. The Morgan fingerprint density at radius 2 is 1.58 bits per heavy atom. The molecule has 2 aromatic rings. The minimum Gasteiger partial charge on any atom is -0.511 e. The van der Waals surface area contributed by atoms with E-state index in [1.54, 1.807) is 58.0 Å². The molecule has 0 bridgehead atoms. The predicted octanol–water partition coefficient (Wildman–Crippen LogP) is 4.75. The zero-order valence-electron chi connectivity index (χ0n) is 25.1. The van der Waals surface area contributed by atoms with E-state index in [1.807, 2.05) is 0 Å². The topological polar surface area (TPSA) is 169 Å². The first kappa shape index (κ1) is 30.4. The molecule has 0 fully saturated rings. The van der Waals surface area contributed by atoms with Crippen molar-refractivity contribution in [2.75, 3.05) is 0 Å². The number of ketones is 4. The van der Waals surface area contributed by atoms with E-state index >= 15 is 0 Å². The Kier molecular flexibility index (Phi) is 6.68. The van der Waals surface area contributed by atoms with E-state index < -0.39 is 86.1 Å². The summed E-state index contributed by atoms with van der Waals surface area (Å²) in [5, 5.41) is 58.8. The molecule has 0 heterocycles. The van der Waals surface area contributed by atoms with Crippen LogP contribution in [0.25, 0.3) is 11.1 Å². The lowest BCUT2D eigenvalue weighted by atomic mass is 9.41. The first-order valence-electron chi connectivity index (χ1n) is 14.2. The predicted molar refractivity (Wildman–Crippen MR) is 157 cm³/mol. The van der Waals surface area contributed by atoms with E-state index in [-0.39, 0.29) is 11.3 Å². The molecule has 6 atom stereocenters. The highest BCUT2D eigenvalue weighted by Gasteiger charge is 2.76. The van der Waals surface area contributed by atoms with Crippen LogP contribution in [-0.4, -0.2) is 60.4 Å². The number of benzene rings is 2. The number of aliphatic hydroxyl groups is 4. The molecule has 0 saturated heterocycles. The molecule has 1 unspecified atom stereocenters. The van der Waals surface area contributed by atoms with Gasteiger partial charge in [0.25, 0.3) is 0 Å². The van der Waals surface area contributed by atoms with Gasteiger partial charge < -0.3 is 25.5 Å². The molecule has 9 nitrogen and oxygen atoms in total. The first-order chi connectivity index (χ1) is 19.9. The molecule has 3 aliphatic carbocycles. The van der Waals surface area contributed by atoms with Crippen LogP contribution in [0.5, 0.6) is 5.75 Å². The van der Waals surface area contributed by atoms with Crippen molar-refractivity contribution in [2.45, 2.75) is 66.1 Å². The van der Waals surface area contributed by atoms with Crippen LogP contribution in [0.1, 0.15) is 80.7 Å². The highest BCUT2D eigenvalue weighted by molar-refractivity contribution is 6.25. The molecule has 0 saturated carbocycles. The average molecular weight is 589 g/mol. The average Bonchev–Trinajstić information content (AvgIpc) is 2.93. The number of allylic oxidation sites excluding steroid dienone is 1. The minimum absolute atomic E-state index is 0.171. The van der Waals surface area contributed by atoms with E-state index in [2.05, 4.69) is 0 Å². The third-order valence-electron chi connectivity index (χ3n) is 10.4. The largest absolute Gasteiger partial charge is 0.511 e. The standard InChI is InChI=1S/C34H36O9/c1-14(2)25-27(38)23(17(5)36)29(40)34(43)30(41)26-28(39)24-21(37)12-11-20(19-10-8-9-18(13-19)16(4)35)22(24)15(3)32(26,6)31(42)33(25,34)7/h8-15,25,31,37-38,41-43H,1-7H3/t15-,25?,31-,32+,33+,34+/m1/s1. The highest BCUT2D eigenvalue weighted by atomic mass is 16.4. The van der Waals surface area contributed by atoms with Gasteiger partial charge in [0.05, 0.1) is 17.2 Å². The van der Waals surface area contributed by atoms with Gasteiger partial charge in [0.1, 0.15) is 22.8 Å². The van der Waals surface area contributed by atoms with Crippen LogP contribution >= 0.6 is 0 Å². The molecule has 9 heteroatoms. The van der Waals surface area contributed by atoms with Crippen molar-refractivity contribution in [1.29, 1.82) is 0 Å². The van der Waals surface area contributed by atoms with Crippen molar-refractivity contribution >= 4 is 23.1 Å². The van der Waals surface area contributed by atoms with Crippen LogP contribution in [0, 0.1) is 22.7 Å². The zero-order valence-corrected chi connectivity index (χ0v) is 25.1. The van der Waals surface area contributed by atoms with Gasteiger partial charge in [-0.25, -0.2) is 0 Å². The van der Waals surface area contributed by atoms with Gasteiger partial charge in [0.15, 0.2) is 23.0 Å². The van der Waals surface area contributed by atoms with Gasteiger partial charge in [-0.3, -0.25) is 19.2 Å². The number of rotatable bonds is 4. The molecule has 3 aliphatic rings. The quantitative estimate of drug-likeness (QED) is 0.250. The smallest absolute Gasteiger partial charge is 0.209 e. The van der Waals surface area contributed by atoms with Crippen LogP contribution in [0.2, 0.25) is 0 Å². The van der Waals surface area contributed by atoms with Crippen molar-refractivity contribution in [3.8, 4) is 16.9 Å². The van der Waals surface area contributed by atoms with Crippen molar-refractivity contribution in [3.63, 3.8) is 0 Å². The lowest BCUT2D eigenvalue weighted by molar-refractivity contribution is -0.211. The third kappa shape index (κ3) is 3.52. The van der Waals surface area contributed by atoms with E-state index in [0.29, 0.717) is 22.3 Å². The molecule has 0 amide bonds. The van der Waals surface area contributed by atoms with E-state index in [1.165, 1.54) is 19.9 Å². The molecule has 5 rings (SSSR count). The molecule has 0 aliphatic heterocycles. The van der Waals surface area contributed by atoms with Gasteiger partial charge in [-0.1, -0.05) is 58.9 Å². The Balaban J connectivity index is 1.89. The summed E-state index contributed by atoms with van der Waals surface area (Å²) >= 11 is 0. The van der Waals surface area contributed by atoms with Gasteiger partial charge in [0, 0.05) is 22.3 Å². The lowest BCUT2D eigenvalue weighted by Gasteiger charge is -2.63. The van der Waals surface area contributed by atoms with E-state index in [0.717, 1.165) is 6.92 Å². The Hall–Kier alpha value is -4.08. The maximum Gasteiger partial charge on any atom is 0.209 e. The van der Waals surface area contributed by atoms with Crippen LogP contribution in [0.3, 0.4) is 0 Å². The molecule has 43 heavy (non-hydrogen) atoms. The number of fused-ring (bicyclic) bond motifs is 3. The van der Waals surface area contributed by atoms with Gasteiger partial charge in [-0.15, -0.1) is 0 Å². The Morgan fingerprint density at radius 3 is 2.14 bits per heavy atom. The lowest BCUT2D eigenvalue weighted by Crippen LogP contribution is -2.73. The van der Waals surface area contributed by atoms with Crippen LogP contribution in [0.4, 0.5) is 0 Å². The fourth-order valence-corrected chi connectivity index (χ4v) is 8.17. The summed E-state index contributed by atoms with van der Waals surface area (Å²) in [6.45, 7) is 10.5. The number of Topliss-reactive ketones (excluding diaryl/α,β-unsaturated/α-hetero) is 4. The fraction of sp³-hybridized carbons (Fsp3) is 0.412. The van der Waals surface area contributed by atoms with Crippen molar-refractivity contribution < 1.29 is 44.7 Å². The number of carbonyl (C=O) groups excluding carboxylic acids is 4. The molecule has 5 N–H and O–H groups in total. The molecular formula is C34H36O9. The van der Waals surface area contributed by atoms with Crippen molar-refractivity contribution in [1.82, 2.24) is 0 Å². The normalized spacial score (nSPS) is 32.0. The molecular weight excluding hydrogens is 552 g/mol. The summed E-state index contributed by atoms with van der Waals surface area (Å²) in [5.41, 5.74) is -6.06. The number of hydrogen-bond acceptors (Lipinski definition) is 9. The van der Waals surface area contributed by atoms with Crippen LogP contribution in [0.15, 0.2) is 59.1 Å². The third-order valence-corrected chi connectivity index (χ3v) is 10.4. The SMILES string of the molecule is CC(=O)C1=C(O)C(C(C)C)[C@@]2(C)[C@H](O)[C@]3(C)C(=C(O)[C@@]2(O)C1=O)C(=O)c1c(O)ccc(-c2cccc(C(C)=O)c2)c1[C@H]3C. The zero-order chi connectivity index (χ0) is 32.1. The van der Waals surface area contributed by atoms with E-state index in [9.17, 15) is 44.7 Å². The number of aliphatic hydroxyl groups excluding tert-OH is 3. The number of aromatic hydroxyl groups is 1. The second-order valence-electron chi connectivity index (χ2n) is 12.9. The maximum atomic E-state index is 14.4. The van der Waals surface area contributed by atoms with Gasteiger partial charge in [-0.2, -0.15) is 0 Å². The molecule has 2 aromatic carbocycles. The second-order valence-corrected chi connectivity index (χ2v) is 12.9. The van der Waals surface area contributed by atoms with Crippen LogP contribution in [-0.2, 0) is 9.59 Å². The number of carbonyl (C=O) groups is 4. The van der Waals surface area contributed by atoms with E-state index in [4.69, 9.17) is 0 Å². The molecule has 226 valence electrons. The summed E-state index contributed by atoms with van der Waals surface area (Å²) in [6.07, 6.45) is -1.73. The highest BCUT2D eigenvalue weighted by Crippen LogP contribution is 2.68. The summed E-state index contributed by atoms with van der Waals surface area (Å²) < 4.78 is 0. The summed E-state index contributed by atoms with van der Waals surface area (Å²) in [5.74, 6) is -7.78. The second kappa shape index (κ2) is 9.46. The Morgan fingerprint density at radius 1 is 0.953 bits per heavy atom. The fourth-order valence-electron chi connectivity index (χ4n) is 8.17. The monoisotopic (exact) mass is 588 g/mol. The maximum absolute atomic E-state index is 14.4. The Labute approximate surface area is 249 Å². The van der Waals surface area contributed by atoms with Crippen LogP contribution < -0.4 is 0 Å². The molecule has 0 radical (unpaired) electrons. The summed E-state index contributed by atoms with van der Waals surface area (Å²) in [4.78, 5) is 53.0.